The number of rotatable bonds is 6. The summed E-state index contributed by atoms with van der Waals surface area (Å²) in [5, 5.41) is 3.27. The molecule has 3 aliphatic rings. The van der Waals surface area contributed by atoms with E-state index in [1.165, 1.54) is 0 Å². The van der Waals surface area contributed by atoms with Crippen LogP contribution in [0, 0.1) is 11.8 Å². The Morgan fingerprint density at radius 3 is 2.48 bits per heavy atom. The third-order valence-corrected chi connectivity index (χ3v) is 8.87. The van der Waals surface area contributed by atoms with Gasteiger partial charge in [-0.1, -0.05) is 13.3 Å². The van der Waals surface area contributed by atoms with E-state index in [2.05, 4.69) is 17.1 Å². The molecule has 0 unspecified atom stereocenters. The summed E-state index contributed by atoms with van der Waals surface area (Å²) in [6.07, 6.45) is 3.66. The Labute approximate surface area is 173 Å². The number of hydrogen-bond donors (Lipinski definition) is 1. The van der Waals surface area contributed by atoms with Crippen LogP contribution in [0.5, 0.6) is 5.75 Å². The lowest BCUT2D eigenvalue weighted by Gasteiger charge is -2.42. The van der Waals surface area contributed by atoms with Crippen molar-refractivity contribution in [1.82, 2.24) is 14.5 Å². The van der Waals surface area contributed by atoms with Crippen molar-refractivity contribution in [2.45, 2.75) is 43.0 Å². The van der Waals surface area contributed by atoms with Crippen LogP contribution in [0.15, 0.2) is 29.2 Å². The second-order valence-corrected chi connectivity index (χ2v) is 10.5. The summed E-state index contributed by atoms with van der Waals surface area (Å²) in [4.78, 5) is 15.3. The fraction of sp³-hybridized carbons (Fsp3) is 0.667. The maximum Gasteiger partial charge on any atom is 0.243 e. The fourth-order valence-electron chi connectivity index (χ4n) is 5.22. The van der Waals surface area contributed by atoms with Gasteiger partial charge in [0.05, 0.1) is 17.9 Å². The number of carbonyl (C=O) groups is 1. The predicted molar refractivity (Wildman–Crippen MR) is 110 cm³/mol. The van der Waals surface area contributed by atoms with Gasteiger partial charge in [-0.25, -0.2) is 8.42 Å². The Balaban J connectivity index is 1.45. The van der Waals surface area contributed by atoms with Gasteiger partial charge in [0.15, 0.2) is 0 Å². The van der Waals surface area contributed by atoms with Crippen molar-refractivity contribution in [1.29, 1.82) is 0 Å². The molecule has 0 aromatic heterocycles. The summed E-state index contributed by atoms with van der Waals surface area (Å²) >= 11 is 0. The molecule has 1 N–H and O–H groups in total. The van der Waals surface area contributed by atoms with Gasteiger partial charge in [0, 0.05) is 37.6 Å². The molecule has 0 aliphatic carbocycles. The van der Waals surface area contributed by atoms with Crippen molar-refractivity contribution in [2.24, 2.45) is 11.8 Å². The molecule has 7 nitrogen and oxygen atoms in total. The Kier molecular flexibility index (Phi) is 5.61. The first-order chi connectivity index (χ1) is 13.9. The van der Waals surface area contributed by atoms with Crippen molar-refractivity contribution < 1.29 is 17.9 Å². The van der Waals surface area contributed by atoms with Gasteiger partial charge in [-0.05, 0) is 50.1 Å². The number of nitrogens with zero attached hydrogens (tertiary/aromatic N) is 2. The normalized spacial score (nSPS) is 27.2. The maximum atomic E-state index is 13.0. The highest BCUT2D eigenvalue weighted by molar-refractivity contribution is 7.89. The van der Waals surface area contributed by atoms with E-state index in [0.29, 0.717) is 31.7 Å². The fourth-order valence-corrected chi connectivity index (χ4v) is 6.67. The van der Waals surface area contributed by atoms with Crippen molar-refractivity contribution in [3.8, 4) is 5.75 Å². The van der Waals surface area contributed by atoms with Crippen molar-refractivity contribution in [3.63, 3.8) is 0 Å². The summed E-state index contributed by atoms with van der Waals surface area (Å²) in [6, 6.07) is 6.52. The largest absolute Gasteiger partial charge is 0.497 e. The van der Waals surface area contributed by atoms with E-state index in [9.17, 15) is 13.2 Å². The number of sulfonamides is 1. The van der Waals surface area contributed by atoms with Gasteiger partial charge >= 0.3 is 0 Å². The zero-order valence-electron chi connectivity index (χ0n) is 17.3. The van der Waals surface area contributed by atoms with E-state index in [1.54, 1.807) is 35.7 Å². The van der Waals surface area contributed by atoms with Crippen LogP contribution in [0.1, 0.15) is 32.6 Å². The van der Waals surface area contributed by atoms with E-state index in [4.69, 9.17) is 4.74 Å². The number of ether oxygens (including phenoxy) is 1. The van der Waals surface area contributed by atoms with Crippen LogP contribution in [0.4, 0.5) is 0 Å². The van der Waals surface area contributed by atoms with Crippen LogP contribution < -0.4 is 10.1 Å². The molecule has 1 aromatic rings. The first-order valence-corrected chi connectivity index (χ1v) is 12.0. The van der Waals surface area contributed by atoms with Crippen LogP contribution in [-0.4, -0.2) is 68.9 Å². The number of hydrogen-bond acceptors (Lipinski definition) is 5. The smallest absolute Gasteiger partial charge is 0.243 e. The molecular weight excluding hydrogens is 390 g/mol. The highest BCUT2D eigenvalue weighted by atomic mass is 32.2. The number of likely N-dealkylation sites (tertiary alicyclic amines) is 1. The lowest BCUT2D eigenvalue weighted by atomic mass is 9.76. The van der Waals surface area contributed by atoms with Gasteiger partial charge in [0.1, 0.15) is 5.75 Å². The number of nitrogens with one attached hydrogen (secondary N) is 1. The molecule has 29 heavy (non-hydrogen) atoms. The van der Waals surface area contributed by atoms with Gasteiger partial charge < -0.3 is 15.0 Å². The number of amides is 1. The standard InChI is InChI=1S/C21H31N3O4S/c1-3-4-11-23-14-18-19(15-23)21(22-20(18)25)9-12-24(13-10-21)29(26,27)17-7-5-16(28-2)6-8-17/h5-8,18-19H,3-4,9-15H2,1-2H3,(H,22,25)/t18-,19+/m1/s1. The maximum absolute atomic E-state index is 13.0. The Morgan fingerprint density at radius 2 is 1.86 bits per heavy atom. The third kappa shape index (κ3) is 3.66. The molecular formula is C21H31N3O4S. The molecule has 2 atom stereocenters. The first kappa shape index (κ1) is 20.6. The minimum atomic E-state index is -3.54. The number of carbonyl (C=O) groups excluding carboxylic acids is 1. The molecule has 0 radical (unpaired) electrons. The minimum Gasteiger partial charge on any atom is -0.497 e. The number of piperidine rings is 1. The predicted octanol–water partition coefficient (Wildman–Crippen LogP) is 1.70. The number of methoxy groups -OCH3 is 1. The molecule has 1 spiro atoms. The van der Waals surface area contributed by atoms with Gasteiger partial charge in [0.25, 0.3) is 0 Å². The van der Waals surface area contributed by atoms with E-state index in [1.807, 2.05) is 0 Å². The SMILES string of the molecule is CCCCN1C[C@H]2C(=O)NC3(CCN(S(=O)(=O)c4ccc(OC)cc4)CC3)[C@H]2C1. The number of fused-ring (bicyclic) bond motifs is 2. The summed E-state index contributed by atoms with van der Waals surface area (Å²) in [6.45, 7) is 5.88. The summed E-state index contributed by atoms with van der Waals surface area (Å²) in [5.41, 5.74) is -0.255. The van der Waals surface area contributed by atoms with Gasteiger partial charge in [-0.15, -0.1) is 0 Å². The van der Waals surface area contributed by atoms with Gasteiger partial charge in [-0.2, -0.15) is 4.31 Å². The lowest BCUT2D eigenvalue weighted by molar-refractivity contribution is -0.123. The Morgan fingerprint density at radius 1 is 1.17 bits per heavy atom. The molecule has 0 bridgehead atoms. The number of benzene rings is 1. The molecule has 3 saturated heterocycles. The quantitative estimate of drug-likeness (QED) is 0.756. The molecule has 3 aliphatic heterocycles. The molecule has 0 saturated carbocycles. The second kappa shape index (κ2) is 7.89. The zero-order chi connectivity index (χ0) is 20.6. The highest BCUT2D eigenvalue weighted by Gasteiger charge is 2.57. The number of unbranched alkanes of at least 4 members (excludes halogenated alkanes) is 1. The Hall–Kier alpha value is -1.64. The minimum absolute atomic E-state index is 0.0524. The third-order valence-electron chi connectivity index (χ3n) is 6.95. The molecule has 4 rings (SSSR count). The molecule has 3 heterocycles. The van der Waals surface area contributed by atoms with Gasteiger partial charge in [-0.3, -0.25) is 4.79 Å². The van der Waals surface area contributed by atoms with Crippen LogP contribution in [-0.2, 0) is 14.8 Å². The van der Waals surface area contributed by atoms with Crippen LogP contribution in [0.2, 0.25) is 0 Å². The molecule has 3 fully saturated rings. The second-order valence-electron chi connectivity index (χ2n) is 8.55. The van der Waals surface area contributed by atoms with Crippen molar-refractivity contribution in [2.75, 3.05) is 39.8 Å². The molecule has 1 amide bonds. The Bertz CT molecular complexity index is 847. The van der Waals surface area contributed by atoms with E-state index in [0.717, 1.165) is 32.5 Å². The molecule has 8 heteroatoms. The summed E-state index contributed by atoms with van der Waals surface area (Å²) in [7, 11) is -1.98. The molecule has 160 valence electrons. The van der Waals surface area contributed by atoms with Crippen molar-refractivity contribution in [3.05, 3.63) is 24.3 Å². The van der Waals surface area contributed by atoms with Crippen LogP contribution in [0.3, 0.4) is 0 Å². The zero-order valence-corrected chi connectivity index (χ0v) is 18.1. The monoisotopic (exact) mass is 421 g/mol. The van der Waals surface area contributed by atoms with Crippen molar-refractivity contribution >= 4 is 15.9 Å². The van der Waals surface area contributed by atoms with E-state index >= 15 is 0 Å². The van der Waals surface area contributed by atoms with Crippen LogP contribution >= 0.6 is 0 Å². The van der Waals surface area contributed by atoms with Gasteiger partial charge in [0.2, 0.25) is 15.9 Å². The summed E-state index contributed by atoms with van der Waals surface area (Å²) < 4.78 is 32.8. The van der Waals surface area contributed by atoms with Crippen LogP contribution in [0.25, 0.3) is 0 Å². The molecule has 1 aromatic carbocycles. The average molecular weight is 422 g/mol. The van der Waals surface area contributed by atoms with E-state index in [-0.39, 0.29) is 28.2 Å². The average Bonchev–Trinajstić information content (AvgIpc) is 3.26. The first-order valence-electron chi connectivity index (χ1n) is 10.6. The lowest BCUT2D eigenvalue weighted by Crippen LogP contribution is -2.56. The topological polar surface area (TPSA) is 79.0 Å². The highest BCUT2D eigenvalue weighted by Crippen LogP contribution is 2.44. The van der Waals surface area contributed by atoms with E-state index < -0.39 is 10.0 Å². The summed E-state index contributed by atoms with van der Waals surface area (Å²) in [5.74, 6) is 1.13.